The number of aliphatic hydroxyl groups is 1. The lowest BCUT2D eigenvalue weighted by Gasteiger charge is -2.16. The van der Waals surface area contributed by atoms with Gasteiger partial charge in [-0.3, -0.25) is 9.78 Å². The van der Waals surface area contributed by atoms with Gasteiger partial charge in [0.15, 0.2) is 0 Å². The van der Waals surface area contributed by atoms with Gasteiger partial charge in [-0.2, -0.15) is 0 Å². The van der Waals surface area contributed by atoms with Crippen LogP contribution < -0.4 is 5.32 Å². The van der Waals surface area contributed by atoms with Gasteiger partial charge in [-0.15, -0.1) is 0 Å². The molecule has 2 atom stereocenters. The number of rotatable bonds is 2. The van der Waals surface area contributed by atoms with Crippen LogP contribution >= 0.6 is 0 Å². The average molecular weight is 240 g/mol. The Morgan fingerprint density at radius 3 is 2.72 bits per heavy atom. The summed E-state index contributed by atoms with van der Waals surface area (Å²) in [5, 5.41) is 13.1. The monoisotopic (exact) mass is 240 g/mol. The molecule has 3 rings (SSSR count). The zero-order chi connectivity index (χ0) is 12.5. The number of aromatic nitrogens is 1. The van der Waals surface area contributed by atoms with E-state index in [9.17, 15) is 9.90 Å². The maximum atomic E-state index is 11.9. The van der Waals surface area contributed by atoms with E-state index >= 15 is 0 Å². The standard InChI is InChI=1S/C14H12N2O2/c17-13(11-7-3-4-8-15-11)12-9-5-1-2-6-10(9)16-14(12)18/h1-8,12-13,17H,(H,16,18)/t12-,13+/m1/s1. The van der Waals surface area contributed by atoms with Gasteiger partial charge in [-0.1, -0.05) is 24.3 Å². The maximum Gasteiger partial charge on any atom is 0.235 e. The molecule has 90 valence electrons. The molecule has 1 aromatic heterocycles. The first kappa shape index (κ1) is 10.9. The quantitative estimate of drug-likeness (QED) is 0.842. The van der Waals surface area contributed by atoms with Crippen molar-refractivity contribution < 1.29 is 9.90 Å². The van der Waals surface area contributed by atoms with Crippen molar-refractivity contribution in [3.05, 3.63) is 59.9 Å². The Morgan fingerprint density at radius 2 is 1.94 bits per heavy atom. The molecule has 1 aliphatic heterocycles. The molecule has 0 spiro atoms. The van der Waals surface area contributed by atoms with E-state index in [1.807, 2.05) is 24.3 Å². The second-order valence-electron chi connectivity index (χ2n) is 4.25. The first-order valence-corrected chi connectivity index (χ1v) is 5.76. The van der Waals surface area contributed by atoms with Crippen LogP contribution in [0.5, 0.6) is 0 Å². The van der Waals surface area contributed by atoms with Gasteiger partial charge < -0.3 is 10.4 Å². The maximum absolute atomic E-state index is 11.9. The molecule has 1 aliphatic rings. The van der Waals surface area contributed by atoms with Crippen molar-refractivity contribution in [2.24, 2.45) is 0 Å². The molecule has 2 heterocycles. The van der Waals surface area contributed by atoms with Crippen molar-refractivity contribution in [2.45, 2.75) is 12.0 Å². The third-order valence-corrected chi connectivity index (χ3v) is 3.14. The molecule has 0 bridgehead atoms. The zero-order valence-electron chi connectivity index (χ0n) is 9.58. The minimum absolute atomic E-state index is 0.186. The molecule has 0 saturated carbocycles. The van der Waals surface area contributed by atoms with Crippen molar-refractivity contribution in [1.29, 1.82) is 0 Å². The summed E-state index contributed by atoms with van der Waals surface area (Å²) in [6.45, 7) is 0. The summed E-state index contributed by atoms with van der Waals surface area (Å²) in [6, 6.07) is 12.7. The fourth-order valence-electron chi connectivity index (χ4n) is 2.27. The summed E-state index contributed by atoms with van der Waals surface area (Å²) in [7, 11) is 0. The molecule has 1 aromatic carbocycles. The van der Waals surface area contributed by atoms with Gasteiger partial charge in [0.1, 0.15) is 6.10 Å². The summed E-state index contributed by atoms with van der Waals surface area (Å²) in [5.41, 5.74) is 2.09. The number of aliphatic hydroxyl groups excluding tert-OH is 1. The van der Waals surface area contributed by atoms with Crippen LogP contribution in [0, 0.1) is 0 Å². The lowest BCUT2D eigenvalue weighted by Crippen LogP contribution is -2.20. The molecule has 1 amide bonds. The smallest absolute Gasteiger partial charge is 0.235 e. The summed E-state index contributed by atoms with van der Waals surface area (Å²) in [6.07, 6.45) is 0.687. The third kappa shape index (κ3) is 1.67. The molecule has 4 heteroatoms. The van der Waals surface area contributed by atoms with E-state index in [2.05, 4.69) is 10.3 Å². The normalized spacial score (nSPS) is 19.2. The number of carbonyl (C=O) groups is 1. The minimum Gasteiger partial charge on any atom is -0.386 e. The van der Waals surface area contributed by atoms with Crippen molar-refractivity contribution in [2.75, 3.05) is 5.32 Å². The number of fused-ring (bicyclic) bond motifs is 1. The van der Waals surface area contributed by atoms with E-state index in [1.54, 1.807) is 24.4 Å². The molecule has 0 saturated heterocycles. The predicted molar refractivity (Wildman–Crippen MR) is 67.0 cm³/mol. The van der Waals surface area contributed by atoms with Crippen molar-refractivity contribution in [3.8, 4) is 0 Å². The Bertz CT molecular complexity index is 583. The van der Waals surface area contributed by atoms with Gasteiger partial charge in [0, 0.05) is 11.9 Å². The second kappa shape index (κ2) is 4.23. The van der Waals surface area contributed by atoms with Crippen molar-refractivity contribution in [1.82, 2.24) is 4.98 Å². The van der Waals surface area contributed by atoms with Gasteiger partial charge in [-0.05, 0) is 23.8 Å². The molecule has 4 nitrogen and oxygen atoms in total. The van der Waals surface area contributed by atoms with Crippen LogP contribution in [0.4, 0.5) is 5.69 Å². The van der Waals surface area contributed by atoms with Crippen LogP contribution in [0.3, 0.4) is 0 Å². The van der Waals surface area contributed by atoms with Crippen molar-refractivity contribution in [3.63, 3.8) is 0 Å². The average Bonchev–Trinajstić information content (AvgIpc) is 2.75. The number of anilines is 1. The molecular formula is C14H12N2O2. The molecule has 2 N–H and O–H groups in total. The molecule has 0 radical (unpaired) electrons. The lowest BCUT2D eigenvalue weighted by atomic mass is 9.92. The number of hydrogen-bond acceptors (Lipinski definition) is 3. The Morgan fingerprint density at radius 1 is 1.17 bits per heavy atom. The number of carbonyl (C=O) groups excluding carboxylic acids is 1. The van der Waals surface area contributed by atoms with Crippen LogP contribution in [0.15, 0.2) is 48.7 Å². The number of pyridine rings is 1. The summed E-state index contributed by atoms with van der Waals surface area (Å²) in [4.78, 5) is 16.0. The third-order valence-electron chi connectivity index (χ3n) is 3.14. The van der Waals surface area contributed by atoms with Gasteiger partial charge in [0.2, 0.25) is 5.91 Å². The predicted octanol–water partition coefficient (Wildman–Crippen LogP) is 1.85. The first-order chi connectivity index (χ1) is 8.77. The summed E-state index contributed by atoms with van der Waals surface area (Å²) < 4.78 is 0. The highest BCUT2D eigenvalue weighted by molar-refractivity contribution is 6.03. The van der Waals surface area contributed by atoms with Crippen molar-refractivity contribution >= 4 is 11.6 Å². The van der Waals surface area contributed by atoms with Gasteiger partial charge >= 0.3 is 0 Å². The number of hydrogen-bond donors (Lipinski definition) is 2. The van der Waals surface area contributed by atoms with E-state index in [0.29, 0.717) is 5.69 Å². The van der Waals surface area contributed by atoms with Crippen LogP contribution in [0.1, 0.15) is 23.3 Å². The first-order valence-electron chi connectivity index (χ1n) is 5.76. The largest absolute Gasteiger partial charge is 0.386 e. The fourth-order valence-corrected chi connectivity index (χ4v) is 2.27. The highest BCUT2D eigenvalue weighted by Gasteiger charge is 2.37. The number of nitrogens with one attached hydrogen (secondary N) is 1. The number of nitrogens with zero attached hydrogens (tertiary/aromatic N) is 1. The number of para-hydroxylation sites is 1. The van der Waals surface area contributed by atoms with Gasteiger partial charge in [0.25, 0.3) is 0 Å². The van der Waals surface area contributed by atoms with Gasteiger partial charge in [0.05, 0.1) is 11.6 Å². The Labute approximate surface area is 104 Å². The molecular weight excluding hydrogens is 228 g/mol. The zero-order valence-corrected chi connectivity index (χ0v) is 9.58. The van der Waals surface area contributed by atoms with Crippen LogP contribution in [-0.4, -0.2) is 16.0 Å². The summed E-state index contributed by atoms with van der Waals surface area (Å²) in [5.74, 6) is -0.773. The van der Waals surface area contributed by atoms with Crippen LogP contribution in [0.2, 0.25) is 0 Å². The molecule has 2 aromatic rings. The Balaban J connectivity index is 2.00. The van der Waals surface area contributed by atoms with Gasteiger partial charge in [-0.25, -0.2) is 0 Å². The number of benzene rings is 1. The number of amides is 1. The van der Waals surface area contributed by atoms with Crippen LogP contribution in [-0.2, 0) is 4.79 Å². The molecule has 18 heavy (non-hydrogen) atoms. The van der Waals surface area contributed by atoms with Crippen LogP contribution in [0.25, 0.3) is 0 Å². The highest BCUT2D eigenvalue weighted by atomic mass is 16.3. The van der Waals surface area contributed by atoms with E-state index in [-0.39, 0.29) is 5.91 Å². The molecule has 0 fully saturated rings. The van der Waals surface area contributed by atoms with E-state index < -0.39 is 12.0 Å². The highest BCUT2D eigenvalue weighted by Crippen LogP contribution is 2.39. The Hall–Kier alpha value is -2.20. The van der Waals surface area contributed by atoms with E-state index in [1.165, 1.54) is 0 Å². The second-order valence-corrected chi connectivity index (χ2v) is 4.25. The molecule has 0 unspecified atom stereocenters. The topological polar surface area (TPSA) is 62.2 Å². The molecule has 0 aliphatic carbocycles. The summed E-state index contributed by atoms with van der Waals surface area (Å²) >= 11 is 0. The van der Waals surface area contributed by atoms with E-state index in [4.69, 9.17) is 0 Å². The Kier molecular flexibility index (Phi) is 2.57. The lowest BCUT2D eigenvalue weighted by molar-refractivity contribution is -0.119. The fraction of sp³-hybridized carbons (Fsp3) is 0.143. The minimum atomic E-state index is -0.921. The van der Waals surface area contributed by atoms with E-state index in [0.717, 1.165) is 11.3 Å². The SMILES string of the molecule is O=C1Nc2ccccc2[C@@H]1[C@@H](O)c1ccccn1.